The normalized spacial score (nSPS) is 25.8. The van der Waals surface area contributed by atoms with Crippen molar-refractivity contribution in [3.05, 3.63) is 23.5 Å². The second-order valence-electron chi connectivity index (χ2n) is 13.4. The Morgan fingerprint density at radius 3 is 2.48 bits per heavy atom. The molecular formula is C31H49N5O8. The fraction of sp³-hybridized carbons (Fsp3) is 0.710. The summed E-state index contributed by atoms with van der Waals surface area (Å²) < 4.78 is 22.9. The van der Waals surface area contributed by atoms with Crippen molar-refractivity contribution in [3.63, 3.8) is 0 Å². The van der Waals surface area contributed by atoms with E-state index in [1.165, 1.54) is 13.5 Å². The highest BCUT2D eigenvalue weighted by Crippen LogP contribution is 2.41. The SMILES string of the molecule is COC(C)(C)C(=O)N/C(=N/C=N)c1ccc([C@]2(C)O[C@H](COC(=O)CC3CCCCC3)[C@@H](OC(=O)[C@H](N)C(C)(C)C)[C@H]2O)[nH]1. The van der Waals surface area contributed by atoms with E-state index < -0.39 is 52.8 Å². The van der Waals surface area contributed by atoms with Crippen molar-refractivity contribution < 1.29 is 38.4 Å². The number of aliphatic imine (C=N–C) groups is 1. The largest absolute Gasteiger partial charge is 0.463 e. The molecule has 2 aliphatic rings. The Morgan fingerprint density at radius 1 is 1.23 bits per heavy atom. The van der Waals surface area contributed by atoms with Crippen LogP contribution in [0.3, 0.4) is 0 Å². The van der Waals surface area contributed by atoms with Crippen LogP contribution in [0.25, 0.3) is 0 Å². The highest BCUT2D eigenvalue weighted by molar-refractivity contribution is 6.10. The van der Waals surface area contributed by atoms with Gasteiger partial charge in [0.15, 0.2) is 11.9 Å². The molecule has 1 saturated heterocycles. The Labute approximate surface area is 259 Å². The minimum absolute atomic E-state index is 0.0461. The van der Waals surface area contributed by atoms with Crippen LogP contribution in [0.15, 0.2) is 17.1 Å². The molecule has 1 aromatic heterocycles. The monoisotopic (exact) mass is 619 g/mol. The molecule has 13 nitrogen and oxygen atoms in total. The molecule has 2 fully saturated rings. The maximum absolute atomic E-state index is 13.0. The van der Waals surface area contributed by atoms with E-state index in [4.69, 9.17) is 30.1 Å². The first-order valence-electron chi connectivity index (χ1n) is 15.1. The summed E-state index contributed by atoms with van der Waals surface area (Å²) in [5.74, 6) is -1.25. The number of aromatic amines is 1. The van der Waals surface area contributed by atoms with Gasteiger partial charge in [0, 0.05) is 13.5 Å². The molecule has 6 N–H and O–H groups in total. The van der Waals surface area contributed by atoms with Gasteiger partial charge in [0.05, 0.1) is 11.4 Å². The van der Waals surface area contributed by atoms with Gasteiger partial charge in [-0.25, -0.2) is 4.99 Å². The molecule has 44 heavy (non-hydrogen) atoms. The lowest BCUT2D eigenvalue weighted by Crippen LogP contribution is -2.48. The highest BCUT2D eigenvalue weighted by Gasteiger charge is 2.56. The Morgan fingerprint density at radius 2 is 1.89 bits per heavy atom. The van der Waals surface area contributed by atoms with Crippen LogP contribution in [0.1, 0.15) is 91.5 Å². The van der Waals surface area contributed by atoms with E-state index in [9.17, 15) is 19.5 Å². The van der Waals surface area contributed by atoms with E-state index in [1.54, 1.807) is 53.7 Å². The number of esters is 2. The number of nitrogens with zero attached hydrogens (tertiary/aromatic N) is 1. The number of H-pyrrole nitrogens is 1. The van der Waals surface area contributed by atoms with Crippen LogP contribution in [0.5, 0.6) is 0 Å². The molecule has 1 saturated carbocycles. The topological polar surface area (TPSA) is 198 Å². The van der Waals surface area contributed by atoms with Crippen LogP contribution in [0.4, 0.5) is 0 Å². The van der Waals surface area contributed by atoms with E-state index in [-0.39, 0.29) is 24.3 Å². The lowest BCUT2D eigenvalue weighted by atomic mass is 9.87. The van der Waals surface area contributed by atoms with Crippen molar-refractivity contribution in [1.82, 2.24) is 10.3 Å². The number of nitrogens with one attached hydrogen (secondary N) is 3. The molecule has 1 aliphatic heterocycles. The zero-order valence-corrected chi connectivity index (χ0v) is 26.9. The van der Waals surface area contributed by atoms with Gasteiger partial charge in [0.25, 0.3) is 5.91 Å². The molecule has 1 amide bonds. The van der Waals surface area contributed by atoms with Gasteiger partial charge in [0.1, 0.15) is 42.4 Å². The lowest BCUT2D eigenvalue weighted by Gasteiger charge is -2.29. The Kier molecular flexibility index (Phi) is 11.5. The van der Waals surface area contributed by atoms with Crippen LogP contribution in [0, 0.1) is 16.7 Å². The van der Waals surface area contributed by atoms with Crippen molar-refractivity contribution in [3.8, 4) is 0 Å². The summed E-state index contributed by atoms with van der Waals surface area (Å²) in [5, 5.41) is 21.7. The van der Waals surface area contributed by atoms with E-state index in [2.05, 4.69) is 15.3 Å². The molecule has 1 aliphatic carbocycles. The smallest absolute Gasteiger partial charge is 0.323 e. The first-order valence-corrected chi connectivity index (χ1v) is 15.1. The van der Waals surface area contributed by atoms with Crippen LogP contribution < -0.4 is 11.1 Å². The second-order valence-corrected chi connectivity index (χ2v) is 13.4. The number of rotatable bonds is 11. The Balaban J connectivity index is 1.85. The first-order chi connectivity index (χ1) is 20.5. The summed E-state index contributed by atoms with van der Waals surface area (Å²) in [6.07, 6.45) is 2.83. The second kappa shape index (κ2) is 14.3. The van der Waals surface area contributed by atoms with Crippen molar-refractivity contribution >= 4 is 30.0 Å². The molecule has 0 bridgehead atoms. The molecule has 0 unspecified atom stereocenters. The van der Waals surface area contributed by atoms with Crippen LogP contribution in [-0.4, -0.2) is 83.8 Å². The number of carbonyl (C=O) groups excluding carboxylic acids is 3. The third-order valence-electron chi connectivity index (χ3n) is 8.62. The third kappa shape index (κ3) is 8.32. The van der Waals surface area contributed by atoms with Gasteiger partial charge in [-0.15, -0.1) is 0 Å². The van der Waals surface area contributed by atoms with E-state index in [0.29, 0.717) is 17.8 Å². The molecule has 3 rings (SSSR count). The number of aliphatic hydroxyl groups excluding tert-OH is 1. The Hall–Kier alpha value is -3.13. The molecule has 0 spiro atoms. The Bertz CT molecular complexity index is 1220. The van der Waals surface area contributed by atoms with Crippen molar-refractivity contribution in [2.45, 2.75) is 116 Å². The van der Waals surface area contributed by atoms with Gasteiger partial charge in [-0.2, -0.15) is 0 Å². The van der Waals surface area contributed by atoms with Crippen LogP contribution in [0.2, 0.25) is 0 Å². The van der Waals surface area contributed by atoms with Crippen LogP contribution in [-0.2, 0) is 38.9 Å². The predicted molar refractivity (Wildman–Crippen MR) is 163 cm³/mol. The average molecular weight is 620 g/mol. The van der Waals surface area contributed by atoms with Crippen molar-refractivity contribution in [2.24, 2.45) is 22.1 Å². The van der Waals surface area contributed by atoms with Gasteiger partial charge < -0.3 is 40.1 Å². The van der Waals surface area contributed by atoms with Gasteiger partial charge in [-0.05, 0) is 57.1 Å². The highest BCUT2D eigenvalue weighted by atomic mass is 16.6. The molecular weight excluding hydrogens is 570 g/mol. The number of nitrogens with two attached hydrogens (primary N) is 1. The minimum atomic E-state index is -1.46. The maximum Gasteiger partial charge on any atom is 0.323 e. The first kappa shape index (κ1) is 35.4. The van der Waals surface area contributed by atoms with E-state index in [0.717, 1.165) is 32.0 Å². The minimum Gasteiger partial charge on any atom is -0.463 e. The van der Waals surface area contributed by atoms with Crippen LogP contribution >= 0.6 is 0 Å². The number of hydrogen-bond donors (Lipinski definition) is 5. The third-order valence-corrected chi connectivity index (χ3v) is 8.62. The molecule has 13 heteroatoms. The summed E-state index contributed by atoms with van der Waals surface area (Å²) in [4.78, 5) is 45.6. The molecule has 5 atom stereocenters. The molecule has 2 heterocycles. The fourth-order valence-electron chi connectivity index (χ4n) is 5.29. The number of ether oxygens (including phenoxy) is 4. The van der Waals surface area contributed by atoms with E-state index in [1.807, 2.05) is 0 Å². The van der Waals surface area contributed by atoms with Gasteiger partial charge in [-0.1, -0.05) is 40.0 Å². The summed E-state index contributed by atoms with van der Waals surface area (Å²) in [6, 6.07) is 2.25. The number of aromatic nitrogens is 1. The molecule has 0 aromatic carbocycles. The quantitative estimate of drug-likeness (QED) is 0.140. The number of hydrogen-bond acceptors (Lipinski definition) is 10. The average Bonchev–Trinajstić information content (AvgIpc) is 3.56. The van der Waals surface area contributed by atoms with Crippen molar-refractivity contribution in [1.29, 1.82) is 5.41 Å². The van der Waals surface area contributed by atoms with Gasteiger partial charge in [0.2, 0.25) is 0 Å². The maximum atomic E-state index is 13.0. The predicted octanol–water partition coefficient (Wildman–Crippen LogP) is 2.68. The summed E-state index contributed by atoms with van der Waals surface area (Å²) >= 11 is 0. The molecule has 246 valence electrons. The molecule has 0 radical (unpaired) electrons. The number of methoxy groups -OCH3 is 1. The fourth-order valence-corrected chi connectivity index (χ4v) is 5.29. The summed E-state index contributed by atoms with van der Waals surface area (Å²) in [6.45, 7) is 9.95. The van der Waals surface area contributed by atoms with Crippen molar-refractivity contribution in [2.75, 3.05) is 13.7 Å². The van der Waals surface area contributed by atoms with E-state index >= 15 is 0 Å². The number of amidine groups is 1. The van der Waals surface area contributed by atoms with Gasteiger partial charge in [-0.3, -0.25) is 19.8 Å². The standard InChI is InChI=1S/C31H49N5O8/c1-29(2,3)24(33)27(39)43-23-20(16-42-22(37)15-18-11-9-8-10-12-18)44-31(6,25(23)38)21-14-13-19(35-21)26(34-17-32)36-28(40)30(4,5)41-7/h13-14,17-18,20,23-25,35,38H,8-12,15-16,33H2,1-7H3,(H2,32,34,36,40)/t20-,23-,24+,25-,31+/m1/s1. The summed E-state index contributed by atoms with van der Waals surface area (Å²) in [7, 11) is 1.40. The zero-order valence-electron chi connectivity index (χ0n) is 26.9. The number of amides is 1. The molecule has 1 aromatic rings. The zero-order chi connectivity index (χ0) is 32.9. The lowest BCUT2D eigenvalue weighted by molar-refractivity contribution is -0.164. The number of aliphatic hydroxyl groups is 1. The van der Waals surface area contributed by atoms with Gasteiger partial charge >= 0.3 is 11.9 Å². The number of carbonyl (C=O) groups is 3. The summed E-state index contributed by atoms with van der Waals surface area (Å²) in [5.41, 5.74) is 3.62.